The molecule has 0 bridgehead atoms. The van der Waals surface area contributed by atoms with Crippen molar-refractivity contribution in [1.82, 2.24) is 9.21 Å². The fourth-order valence-corrected chi connectivity index (χ4v) is 3.24. The Bertz CT molecular complexity index is 640. The van der Waals surface area contributed by atoms with Crippen LogP contribution in [0.4, 0.5) is 0 Å². The second-order valence-corrected chi connectivity index (χ2v) is 7.22. The molecular formula is C13H17ClN2O4S. The van der Waals surface area contributed by atoms with Crippen LogP contribution < -0.4 is 4.74 Å². The van der Waals surface area contributed by atoms with Crippen LogP contribution in [0.2, 0.25) is 5.02 Å². The molecule has 1 aromatic rings. The number of halogens is 1. The third-order valence-corrected chi connectivity index (χ3v) is 4.93. The van der Waals surface area contributed by atoms with Crippen LogP contribution in [-0.4, -0.2) is 63.1 Å². The molecular weight excluding hydrogens is 316 g/mol. The Morgan fingerprint density at radius 3 is 2.38 bits per heavy atom. The number of benzene rings is 1. The number of ether oxygens (including phenoxy) is 1. The monoisotopic (exact) mass is 332 g/mol. The van der Waals surface area contributed by atoms with Gasteiger partial charge in [0.15, 0.2) is 0 Å². The number of carbonyl (C=O) groups excluding carboxylic acids is 1. The van der Waals surface area contributed by atoms with Gasteiger partial charge in [0.05, 0.1) is 18.9 Å². The second kappa shape index (κ2) is 6.21. The van der Waals surface area contributed by atoms with Gasteiger partial charge in [0, 0.05) is 31.2 Å². The summed E-state index contributed by atoms with van der Waals surface area (Å²) in [5.41, 5.74) is 0.387. The molecule has 1 fully saturated rings. The molecule has 1 aliphatic heterocycles. The van der Waals surface area contributed by atoms with Crippen LogP contribution >= 0.6 is 11.6 Å². The largest absolute Gasteiger partial charge is 0.496 e. The first-order chi connectivity index (χ1) is 9.82. The summed E-state index contributed by atoms with van der Waals surface area (Å²) in [7, 11) is -1.72. The SMILES string of the molecule is COc1ccc(Cl)cc1C(=O)N1CCN(S(C)(=O)=O)CC1. The highest BCUT2D eigenvalue weighted by molar-refractivity contribution is 7.88. The number of piperazine rings is 1. The molecule has 1 aliphatic rings. The van der Waals surface area contributed by atoms with Gasteiger partial charge in [-0.2, -0.15) is 4.31 Å². The van der Waals surface area contributed by atoms with E-state index in [9.17, 15) is 13.2 Å². The normalized spacial score (nSPS) is 16.8. The molecule has 8 heteroatoms. The van der Waals surface area contributed by atoms with E-state index in [1.165, 1.54) is 17.7 Å². The van der Waals surface area contributed by atoms with Crippen LogP contribution in [0, 0.1) is 0 Å². The van der Waals surface area contributed by atoms with Gasteiger partial charge in [-0.05, 0) is 18.2 Å². The summed E-state index contributed by atoms with van der Waals surface area (Å²) in [6.45, 7) is 1.30. The van der Waals surface area contributed by atoms with E-state index < -0.39 is 10.0 Å². The smallest absolute Gasteiger partial charge is 0.257 e. The van der Waals surface area contributed by atoms with Gasteiger partial charge in [-0.25, -0.2) is 8.42 Å². The average Bonchev–Trinajstić information content (AvgIpc) is 2.45. The Morgan fingerprint density at radius 1 is 1.24 bits per heavy atom. The molecule has 21 heavy (non-hydrogen) atoms. The topological polar surface area (TPSA) is 66.9 Å². The van der Waals surface area contributed by atoms with Crippen LogP contribution in [0.1, 0.15) is 10.4 Å². The maximum Gasteiger partial charge on any atom is 0.257 e. The van der Waals surface area contributed by atoms with Crippen LogP contribution in [0.5, 0.6) is 5.75 Å². The van der Waals surface area contributed by atoms with Crippen LogP contribution in [0.15, 0.2) is 18.2 Å². The molecule has 0 atom stereocenters. The molecule has 116 valence electrons. The highest BCUT2D eigenvalue weighted by Gasteiger charge is 2.27. The van der Waals surface area contributed by atoms with Crippen molar-refractivity contribution in [3.8, 4) is 5.75 Å². The zero-order valence-electron chi connectivity index (χ0n) is 11.9. The van der Waals surface area contributed by atoms with Gasteiger partial charge in [-0.15, -0.1) is 0 Å². The lowest BCUT2D eigenvalue weighted by Crippen LogP contribution is -2.50. The molecule has 0 spiro atoms. The minimum Gasteiger partial charge on any atom is -0.496 e. The molecule has 0 aliphatic carbocycles. The summed E-state index contributed by atoms with van der Waals surface area (Å²) in [5.74, 6) is 0.248. The maximum atomic E-state index is 12.5. The molecule has 0 N–H and O–H groups in total. The highest BCUT2D eigenvalue weighted by atomic mass is 35.5. The fraction of sp³-hybridized carbons (Fsp3) is 0.462. The first-order valence-electron chi connectivity index (χ1n) is 6.41. The molecule has 6 nitrogen and oxygen atoms in total. The predicted octanol–water partition coefficient (Wildman–Crippen LogP) is 1.07. The van der Waals surface area contributed by atoms with E-state index in [-0.39, 0.29) is 5.91 Å². The van der Waals surface area contributed by atoms with Gasteiger partial charge in [0.2, 0.25) is 10.0 Å². The quantitative estimate of drug-likeness (QED) is 0.830. The Kier molecular flexibility index (Phi) is 4.75. The zero-order chi connectivity index (χ0) is 15.6. The van der Waals surface area contributed by atoms with Gasteiger partial charge in [-0.1, -0.05) is 11.6 Å². The zero-order valence-corrected chi connectivity index (χ0v) is 13.4. The number of sulfonamides is 1. The van der Waals surface area contributed by atoms with Gasteiger partial charge >= 0.3 is 0 Å². The number of rotatable bonds is 3. The van der Waals surface area contributed by atoms with E-state index in [1.54, 1.807) is 23.1 Å². The number of hydrogen-bond acceptors (Lipinski definition) is 4. The van der Waals surface area contributed by atoms with Crippen molar-refractivity contribution in [2.24, 2.45) is 0 Å². The molecule has 0 unspecified atom stereocenters. The van der Waals surface area contributed by atoms with E-state index in [0.29, 0.717) is 42.5 Å². The minimum absolute atomic E-state index is 0.206. The molecule has 0 aromatic heterocycles. The first kappa shape index (κ1) is 16.1. The summed E-state index contributed by atoms with van der Waals surface area (Å²) < 4.78 is 29.5. The summed E-state index contributed by atoms with van der Waals surface area (Å²) >= 11 is 5.93. The molecule has 0 saturated carbocycles. The summed E-state index contributed by atoms with van der Waals surface area (Å²) in [6.07, 6.45) is 1.17. The van der Waals surface area contributed by atoms with Gasteiger partial charge in [0.1, 0.15) is 5.75 Å². The standard InChI is InChI=1S/C13H17ClN2O4S/c1-20-12-4-3-10(14)9-11(12)13(17)15-5-7-16(8-6-15)21(2,18)19/h3-4,9H,5-8H2,1-2H3. The molecule has 1 aromatic carbocycles. The minimum atomic E-state index is -3.21. The van der Waals surface area contributed by atoms with Gasteiger partial charge in [-0.3, -0.25) is 4.79 Å². The van der Waals surface area contributed by atoms with Crippen molar-refractivity contribution in [2.45, 2.75) is 0 Å². The van der Waals surface area contributed by atoms with Crippen molar-refractivity contribution < 1.29 is 17.9 Å². The summed E-state index contributed by atoms with van der Waals surface area (Å²) in [4.78, 5) is 14.1. The first-order valence-corrected chi connectivity index (χ1v) is 8.63. The van der Waals surface area contributed by atoms with E-state index >= 15 is 0 Å². The summed E-state index contributed by atoms with van der Waals surface area (Å²) in [5, 5.41) is 0.453. The van der Waals surface area contributed by atoms with E-state index in [0.717, 1.165) is 0 Å². The maximum absolute atomic E-state index is 12.5. The highest BCUT2D eigenvalue weighted by Crippen LogP contribution is 2.24. The van der Waals surface area contributed by atoms with Crippen LogP contribution in [0.25, 0.3) is 0 Å². The Labute approximate surface area is 129 Å². The number of hydrogen-bond donors (Lipinski definition) is 0. The lowest BCUT2D eigenvalue weighted by atomic mass is 10.1. The number of methoxy groups -OCH3 is 1. The number of carbonyl (C=O) groups is 1. The summed E-state index contributed by atoms with van der Waals surface area (Å²) in [6, 6.07) is 4.85. The molecule has 1 heterocycles. The van der Waals surface area contributed by atoms with E-state index in [2.05, 4.69) is 0 Å². The van der Waals surface area contributed by atoms with Crippen LogP contribution in [-0.2, 0) is 10.0 Å². The van der Waals surface area contributed by atoms with E-state index in [1.807, 2.05) is 0 Å². The predicted molar refractivity (Wildman–Crippen MR) is 80.3 cm³/mol. The fourth-order valence-electron chi connectivity index (χ4n) is 2.24. The van der Waals surface area contributed by atoms with Gasteiger partial charge in [0.25, 0.3) is 5.91 Å². The number of amides is 1. The van der Waals surface area contributed by atoms with Crippen molar-refractivity contribution in [1.29, 1.82) is 0 Å². The van der Waals surface area contributed by atoms with Crippen molar-refractivity contribution in [3.63, 3.8) is 0 Å². The Morgan fingerprint density at radius 2 is 1.86 bits per heavy atom. The molecule has 1 saturated heterocycles. The van der Waals surface area contributed by atoms with Gasteiger partial charge < -0.3 is 9.64 Å². The molecule has 0 radical (unpaired) electrons. The lowest BCUT2D eigenvalue weighted by molar-refractivity contribution is 0.0695. The van der Waals surface area contributed by atoms with E-state index in [4.69, 9.17) is 16.3 Å². The molecule has 1 amide bonds. The third kappa shape index (κ3) is 3.66. The number of nitrogens with zero attached hydrogens (tertiary/aromatic N) is 2. The average molecular weight is 333 g/mol. The Balaban J connectivity index is 2.14. The van der Waals surface area contributed by atoms with Crippen molar-refractivity contribution in [2.75, 3.05) is 39.5 Å². The van der Waals surface area contributed by atoms with Crippen LogP contribution in [0.3, 0.4) is 0 Å². The van der Waals surface area contributed by atoms with Crippen molar-refractivity contribution >= 4 is 27.5 Å². The Hall–Kier alpha value is -1.31. The third-order valence-electron chi connectivity index (χ3n) is 3.39. The lowest BCUT2D eigenvalue weighted by Gasteiger charge is -2.33. The second-order valence-electron chi connectivity index (χ2n) is 4.80. The van der Waals surface area contributed by atoms with Crippen molar-refractivity contribution in [3.05, 3.63) is 28.8 Å². The molecule has 2 rings (SSSR count).